The van der Waals surface area contributed by atoms with Crippen LogP contribution in [0.3, 0.4) is 0 Å². The van der Waals surface area contributed by atoms with Crippen LogP contribution in [0, 0.1) is 0 Å². The summed E-state index contributed by atoms with van der Waals surface area (Å²) >= 11 is 0. The molecule has 0 unspecified atom stereocenters. The van der Waals surface area contributed by atoms with Crippen LogP contribution in [0.15, 0.2) is 24.3 Å². The van der Waals surface area contributed by atoms with Gasteiger partial charge in [-0.3, -0.25) is 0 Å². The minimum absolute atomic E-state index is 0.0109. The second-order valence-electron chi connectivity index (χ2n) is 2.20. The smallest absolute Gasteiger partial charge is 0.0479 e. The van der Waals surface area contributed by atoms with Crippen LogP contribution in [0.4, 0.5) is 0 Å². The summed E-state index contributed by atoms with van der Waals surface area (Å²) in [6.45, 7) is -1.61. The summed E-state index contributed by atoms with van der Waals surface area (Å²) in [6, 6.07) is 6.73. The largest absolute Gasteiger partial charge is 0.312 e. The fourth-order valence-electron chi connectivity index (χ4n) is 1.03. The van der Waals surface area contributed by atoms with Crippen molar-refractivity contribution >= 4 is 0 Å². The summed E-state index contributed by atoms with van der Waals surface area (Å²) in [7, 11) is 0. The zero-order valence-corrected chi connectivity index (χ0v) is 5.52. The Morgan fingerprint density at radius 1 is 1.30 bits per heavy atom. The molecule has 0 atom stereocenters. The molecule has 1 aliphatic heterocycles. The molecule has 1 N–H and O–H groups in total. The van der Waals surface area contributed by atoms with E-state index in [4.69, 9.17) is 5.48 Å². The van der Waals surface area contributed by atoms with Gasteiger partial charge < -0.3 is 5.32 Å². The molecule has 0 aliphatic carbocycles. The lowest BCUT2D eigenvalue weighted by atomic mass is 10.0. The first-order chi connectivity index (χ1) is 6.43. The minimum Gasteiger partial charge on any atom is -0.312 e. The van der Waals surface area contributed by atoms with E-state index in [-0.39, 0.29) is 6.54 Å². The third-order valence-electron chi connectivity index (χ3n) is 1.52. The second kappa shape index (κ2) is 2.43. The molecule has 10 heavy (non-hydrogen) atoms. The molecular formula is C9H11N. The molecule has 0 spiro atoms. The highest BCUT2D eigenvalue weighted by Crippen LogP contribution is 2.11. The maximum atomic E-state index is 7.72. The molecule has 0 radical (unpaired) electrons. The first-order valence-electron chi connectivity index (χ1n) is 5.28. The van der Waals surface area contributed by atoms with E-state index >= 15 is 0 Å². The Bertz CT molecular complexity index is 327. The van der Waals surface area contributed by atoms with Crippen LogP contribution in [-0.4, -0.2) is 6.54 Å². The molecule has 0 bridgehead atoms. The maximum Gasteiger partial charge on any atom is 0.0479 e. The second-order valence-corrected chi connectivity index (χ2v) is 2.20. The van der Waals surface area contributed by atoms with Crippen molar-refractivity contribution in [2.45, 2.75) is 12.9 Å². The lowest BCUT2D eigenvalue weighted by Crippen LogP contribution is -2.23. The fraction of sp³-hybridized carbons (Fsp3) is 0.333. The molecule has 1 aliphatic rings. The topological polar surface area (TPSA) is 12.0 Å². The van der Waals surface area contributed by atoms with E-state index in [2.05, 4.69) is 5.32 Å². The first-order valence-corrected chi connectivity index (χ1v) is 3.28. The molecule has 2 rings (SSSR count). The summed E-state index contributed by atoms with van der Waals surface area (Å²) in [5.41, 5.74) is 0.847. The van der Waals surface area contributed by atoms with Crippen molar-refractivity contribution < 1.29 is 5.48 Å². The van der Waals surface area contributed by atoms with Gasteiger partial charge in [-0.25, -0.2) is 0 Å². The molecule has 1 nitrogen and oxygen atoms in total. The van der Waals surface area contributed by atoms with Gasteiger partial charge in [0.2, 0.25) is 0 Å². The van der Waals surface area contributed by atoms with Gasteiger partial charge >= 0.3 is 0 Å². The molecule has 52 valence electrons. The van der Waals surface area contributed by atoms with Crippen molar-refractivity contribution in [1.29, 1.82) is 0 Å². The summed E-state index contributed by atoms with van der Waals surface area (Å²) in [4.78, 5) is 0. The monoisotopic (exact) mass is 137 g/mol. The van der Waals surface area contributed by atoms with Crippen LogP contribution in [0.5, 0.6) is 0 Å². The Morgan fingerprint density at radius 2 is 2.10 bits per heavy atom. The van der Waals surface area contributed by atoms with Crippen LogP contribution < -0.4 is 5.32 Å². The van der Waals surface area contributed by atoms with E-state index in [0.717, 1.165) is 0 Å². The molecule has 1 heteroatoms. The summed E-state index contributed by atoms with van der Waals surface area (Å²) in [6.07, 6.45) is -1.48. The average Bonchev–Trinajstić information content (AvgIpc) is 2.14. The Morgan fingerprint density at radius 3 is 2.90 bits per heavy atom. The number of fused-ring (bicyclic) bond motifs is 1. The van der Waals surface area contributed by atoms with Gasteiger partial charge in [0.15, 0.2) is 0 Å². The number of rotatable bonds is 0. The van der Waals surface area contributed by atoms with Gasteiger partial charge in [-0.2, -0.15) is 0 Å². The zero-order valence-electron chi connectivity index (χ0n) is 9.52. The lowest BCUT2D eigenvalue weighted by Gasteiger charge is -2.15. The highest BCUT2D eigenvalue weighted by molar-refractivity contribution is 5.28. The predicted octanol–water partition coefficient (Wildman–Crippen LogP) is 1.33. The van der Waals surface area contributed by atoms with Gasteiger partial charge in [-0.05, 0) is 24.0 Å². The normalized spacial score (nSPS) is 32.4. The summed E-state index contributed by atoms with van der Waals surface area (Å²) in [5.74, 6) is 0. The third kappa shape index (κ3) is 0.929. The van der Waals surface area contributed by atoms with Crippen molar-refractivity contribution in [3.8, 4) is 0 Å². The van der Waals surface area contributed by atoms with E-state index in [9.17, 15) is 0 Å². The van der Waals surface area contributed by atoms with Crippen molar-refractivity contribution in [2.75, 3.05) is 6.54 Å². The van der Waals surface area contributed by atoms with Gasteiger partial charge in [0.25, 0.3) is 0 Å². The lowest BCUT2D eigenvalue weighted by molar-refractivity contribution is 0.644. The van der Waals surface area contributed by atoms with E-state index in [1.165, 1.54) is 0 Å². The van der Waals surface area contributed by atoms with Crippen LogP contribution in [0.2, 0.25) is 0 Å². The van der Waals surface area contributed by atoms with Gasteiger partial charge in [-0.1, -0.05) is 24.3 Å². The van der Waals surface area contributed by atoms with Gasteiger partial charge in [0, 0.05) is 12.0 Å². The predicted molar refractivity (Wildman–Crippen MR) is 41.9 cm³/mol. The van der Waals surface area contributed by atoms with E-state index < -0.39 is 12.9 Å². The molecule has 0 amide bonds. The van der Waals surface area contributed by atoms with Crippen LogP contribution in [0.25, 0.3) is 0 Å². The number of nitrogens with one attached hydrogen (secondary N) is 1. The van der Waals surface area contributed by atoms with Crippen molar-refractivity contribution in [3.05, 3.63) is 35.4 Å². The number of hydrogen-bond donors (Lipinski definition) is 1. The Labute approximate surface area is 66.7 Å². The first kappa shape index (κ1) is 3.05. The highest BCUT2D eigenvalue weighted by atomic mass is 14.9. The third-order valence-corrected chi connectivity index (χ3v) is 1.52. The molecule has 0 saturated heterocycles. The molecule has 1 heterocycles. The SMILES string of the molecule is [2H]C1([2H])CNC([2H])([2H])c2ccccc21. The quantitative estimate of drug-likeness (QED) is 0.569. The maximum absolute atomic E-state index is 7.72. The van der Waals surface area contributed by atoms with Gasteiger partial charge in [-0.15, -0.1) is 0 Å². The number of hydrogen-bond acceptors (Lipinski definition) is 1. The standard InChI is InChI=1S/C9H11N/c1-2-4-9-7-10-6-5-8(9)3-1/h1-4,10H,5-7H2/i5D2,7D2. The molecule has 1 aromatic rings. The minimum atomic E-state index is -1.62. The van der Waals surface area contributed by atoms with Crippen molar-refractivity contribution in [1.82, 2.24) is 5.32 Å². The van der Waals surface area contributed by atoms with E-state index in [1.807, 2.05) is 0 Å². The van der Waals surface area contributed by atoms with Crippen molar-refractivity contribution in [2.24, 2.45) is 0 Å². The average molecular weight is 137 g/mol. The molecule has 0 saturated carbocycles. The van der Waals surface area contributed by atoms with E-state index in [1.54, 1.807) is 24.3 Å². The van der Waals surface area contributed by atoms with E-state index in [0.29, 0.717) is 11.1 Å². The molecule has 0 fully saturated rings. The Balaban J connectivity index is 2.61. The van der Waals surface area contributed by atoms with Gasteiger partial charge in [0.1, 0.15) is 0 Å². The zero-order chi connectivity index (χ0) is 10.4. The van der Waals surface area contributed by atoms with Crippen LogP contribution in [-0.2, 0) is 12.9 Å². The Kier molecular flexibility index (Phi) is 0.742. The fourth-order valence-corrected chi connectivity index (χ4v) is 1.03. The molecule has 0 aromatic heterocycles. The van der Waals surface area contributed by atoms with Crippen molar-refractivity contribution in [3.63, 3.8) is 0 Å². The van der Waals surface area contributed by atoms with Gasteiger partial charge in [0.05, 0.1) is 0 Å². The number of benzene rings is 1. The highest BCUT2D eigenvalue weighted by Gasteiger charge is 2.05. The molecule has 1 aromatic carbocycles. The summed E-state index contributed by atoms with van der Waals surface area (Å²) < 4.78 is 30.8. The van der Waals surface area contributed by atoms with Crippen LogP contribution in [0.1, 0.15) is 16.6 Å². The Hall–Kier alpha value is -0.820. The van der Waals surface area contributed by atoms with Crippen LogP contribution >= 0.6 is 0 Å². The molecular weight excluding hydrogens is 122 g/mol. The summed E-state index contributed by atoms with van der Waals surface area (Å²) in [5, 5.41) is 2.56.